The van der Waals surface area contributed by atoms with Crippen molar-refractivity contribution in [2.24, 2.45) is 0 Å². The first-order chi connectivity index (χ1) is 21.9. The monoisotopic (exact) mass is 603 g/mol. The highest BCUT2D eigenvalue weighted by Crippen LogP contribution is 2.24. The highest BCUT2D eigenvalue weighted by molar-refractivity contribution is 5.97. The Kier molecular flexibility index (Phi) is 10.6. The van der Waals surface area contributed by atoms with Crippen LogP contribution >= 0.6 is 0 Å². The molecule has 0 saturated carbocycles. The Balaban J connectivity index is 1.24. The van der Waals surface area contributed by atoms with Gasteiger partial charge in [-0.05, 0) is 78.4 Å². The third-order valence-electron chi connectivity index (χ3n) is 7.94. The van der Waals surface area contributed by atoms with Crippen molar-refractivity contribution in [1.82, 2.24) is 30.9 Å². The molecule has 0 spiro atoms. The lowest BCUT2D eigenvalue weighted by molar-refractivity contribution is -0.123. The van der Waals surface area contributed by atoms with Gasteiger partial charge in [0.05, 0.1) is 12.6 Å². The Labute approximate surface area is 264 Å². The number of anilines is 1. The van der Waals surface area contributed by atoms with Gasteiger partial charge in [-0.3, -0.25) is 9.59 Å². The molecule has 2 amide bonds. The number of hydrogen-bond acceptors (Lipinski definition) is 6. The molecule has 0 aliphatic heterocycles. The highest BCUT2D eigenvalue weighted by atomic mass is 16.2. The molecule has 5 rings (SSSR count). The van der Waals surface area contributed by atoms with Crippen molar-refractivity contribution in [1.29, 1.82) is 0 Å². The molecule has 2 heterocycles. The fourth-order valence-electron chi connectivity index (χ4n) is 5.40. The van der Waals surface area contributed by atoms with Gasteiger partial charge in [-0.2, -0.15) is 0 Å². The van der Waals surface area contributed by atoms with Crippen LogP contribution in [0.25, 0.3) is 10.8 Å². The molecule has 3 aromatic carbocycles. The van der Waals surface area contributed by atoms with Crippen LogP contribution in [0.4, 0.5) is 5.82 Å². The van der Waals surface area contributed by atoms with Crippen molar-refractivity contribution in [2.75, 3.05) is 18.5 Å². The van der Waals surface area contributed by atoms with E-state index in [9.17, 15) is 9.59 Å². The SMILES string of the molecule is Cc1ccnc(N(C)CCC[C@H](NC(=O)c2ccc(CNCc3ncc[nH]3)cc2)C(=O)N[C@@H](C)c2cccc3ccccc23)c1. The van der Waals surface area contributed by atoms with Crippen molar-refractivity contribution >= 4 is 28.4 Å². The van der Waals surface area contributed by atoms with Crippen molar-refractivity contribution < 1.29 is 9.59 Å². The molecule has 4 N–H and O–H groups in total. The summed E-state index contributed by atoms with van der Waals surface area (Å²) in [6, 6.07) is 24.7. The van der Waals surface area contributed by atoms with E-state index in [-0.39, 0.29) is 17.9 Å². The first-order valence-corrected chi connectivity index (χ1v) is 15.4. The van der Waals surface area contributed by atoms with Crippen LogP contribution < -0.4 is 20.9 Å². The van der Waals surface area contributed by atoms with E-state index in [0.29, 0.717) is 38.0 Å². The molecule has 45 heavy (non-hydrogen) atoms. The second kappa shape index (κ2) is 15.1. The smallest absolute Gasteiger partial charge is 0.251 e. The fraction of sp³-hybridized carbons (Fsp3) is 0.278. The average molecular weight is 604 g/mol. The maximum absolute atomic E-state index is 13.7. The molecule has 0 saturated heterocycles. The first-order valence-electron chi connectivity index (χ1n) is 15.4. The Morgan fingerprint density at radius 3 is 2.49 bits per heavy atom. The quantitative estimate of drug-likeness (QED) is 0.134. The third-order valence-corrected chi connectivity index (χ3v) is 7.94. The lowest BCUT2D eigenvalue weighted by Gasteiger charge is -2.24. The number of carbonyl (C=O) groups is 2. The Morgan fingerprint density at radius 1 is 0.911 bits per heavy atom. The summed E-state index contributed by atoms with van der Waals surface area (Å²) in [5.74, 6) is 1.26. The molecule has 0 radical (unpaired) electrons. The van der Waals surface area contributed by atoms with Crippen LogP contribution in [0.2, 0.25) is 0 Å². The van der Waals surface area contributed by atoms with Crippen molar-refractivity contribution in [3.63, 3.8) is 0 Å². The molecular formula is C36H41N7O2. The van der Waals surface area contributed by atoms with Gasteiger partial charge in [-0.15, -0.1) is 0 Å². The van der Waals surface area contributed by atoms with Crippen molar-refractivity contribution in [3.8, 4) is 0 Å². The van der Waals surface area contributed by atoms with E-state index < -0.39 is 6.04 Å². The van der Waals surface area contributed by atoms with Gasteiger partial charge in [0.25, 0.3) is 5.91 Å². The second-order valence-corrected chi connectivity index (χ2v) is 11.4. The number of aromatic nitrogens is 3. The van der Waals surface area contributed by atoms with Crippen LogP contribution in [0, 0.1) is 6.92 Å². The van der Waals surface area contributed by atoms with E-state index >= 15 is 0 Å². The number of carbonyl (C=O) groups excluding carboxylic acids is 2. The Morgan fingerprint density at radius 2 is 1.71 bits per heavy atom. The average Bonchev–Trinajstić information content (AvgIpc) is 3.57. The summed E-state index contributed by atoms with van der Waals surface area (Å²) in [4.78, 5) is 40.9. The topological polar surface area (TPSA) is 115 Å². The number of amides is 2. The zero-order valence-electron chi connectivity index (χ0n) is 26.1. The van der Waals surface area contributed by atoms with Crippen LogP contribution in [-0.2, 0) is 17.9 Å². The van der Waals surface area contributed by atoms with E-state index in [4.69, 9.17) is 0 Å². The van der Waals surface area contributed by atoms with Crippen LogP contribution in [0.3, 0.4) is 0 Å². The third kappa shape index (κ3) is 8.55. The number of H-pyrrole nitrogens is 1. The summed E-state index contributed by atoms with van der Waals surface area (Å²) in [7, 11) is 1.99. The summed E-state index contributed by atoms with van der Waals surface area (Å²) in [5.41, 5.74) is 3.72. The van der Waals surface area contributed by atoms with Crippen molar-refractivity contribution in [2.45, 2.75) is 51.9 Å². The lowest BCUT2D eigenvalue weighted by Crippen LogP contribution is -2.47. The molecule has 9 nitrogen and oxygen atoms in total. The normalized spacial score (nSPS) is 12.4. The van der Waals surface area contributed by atoms with Gasteiger partial charge in [0.1, 0.15) is 17.7 Å². The summed E-state index contributed by atoms with van der Waals surface area (Å²) in [6.45, 7) is 5.97. The van der Waals surface area contributed by atoms with Crippen LogP contribution in [-0.4, -0.2) is 46.4 Å². The van der Waals surface area contributed by atoms with Gasteiger partial charge in [-0.1, -0.05) is 54.6 Å². The molecule has 5 aromatic rings. The number of benzene rings is 3. The Bertz CT molecular complexity index is 1700. The molecule has 0 fully saturated rings. The van der Waals surface area contributed by atoms with Crippen LogP contribution in [0.1, 0.15) is 58.7 Å². The van der Waals surface area contributed by atoms with Gasteiger partial charge in [0.15, 0.2) is 0 Å². The van der Waals surface area contributed by atoms with Gasteiger partial charge in [0.2, 0.25) is 5.91 Å². The number of aryl methyl sites for hydroxylation is 1. The van der Waals surface area contributed by atoms with Crippen LogP contribution in [0.15, 0.2) is 97.5 Å². The van der Waals surface area contributed by atoms with E-state index in [1.54, 1.807) is 30.7 Å². The van der Waals surface area contributed by atoms with Gasteiger partial charge in [-0.25, -0.2) is 9.97 Å². The minimum absolute atomic E-state index is 0.209. The predicted molar refractivity (Wildman–Crippen MR) is 179 cm³/mol. The predicted octanol–water partition coefficient (Wildman–Crippen LogP) is 5.45. The van der Waals surface area contributed by atoms with Crippen molar-refractivity contribution in [3.05, 3.63) is 126 Å². The molecule has 0 aliphatic rings. The molecular weight excluding hydrogens is 562 g/mol. The maximum atomic E-state index is 13.7. The summed E-state index contributed by atoms with van der Waals surface area (Å²) < 4.78 is 0. The molecule has 9 heteroatoms. The van der Waals surface area contributed by atoms with E-state index in [2.05, 4.69) is 54.0 Å². The number of aromatic amines is 1. The molecule has 0 bridgehead atoms. The number of pyridine rings is 1. The van der Waals surface area contributed by atoms with E-state index in [1.165, 1.54) is 0 Å². The van der Waals surface area contributed by atoms with Crippen LogP contribution in [0.5, 0.6) is 0 Å². The summed E-state index contributed by atoms with van der Waals surface area (Å²) in [6.07, 6.45) is 6.48. The first kappa shape index (κ1) is 31.4. The highest BCUT2D eigenvalue weighted by Gasteiger charge is 2.24. The zero-order valence-corrected chi connectivity index (χ0v) is 26.1. The standard InChI is InChI=1S/C36H41N7O2/c1-25-17-18-40-34(22-25)43(3)21-7-12-32(36(45)41-26(2)30-11-6-9-28-8-4-5-10-31(28)30)42-35(44)29-15-13-27(14-16-29)23-37-24-33-38-19-20-39-33/h4-6,8-11,13-20,22,26,32,37H,7,12,21,23-24H2,1-3H3,(H,38,39)(H,41,45)(H,42,44)/t26-,32-/m0/s1. The zero-order chi connectivity index (χ0) is 31.6. The number of hydrogen-bond donors (Lipinski definition) is 4. The molecule has 2 atom stereocenters. The molecule has 232 valence electrons. The minimum Gasteiger partial charge on any atom is -0.360 e. The number of nitrogens with zero attached hydrogens (tertiary/aromatic N) is 3. The van der Waals surface area contributed by atoms with Gasteiger partial charge >= 0.3 is 0 Å². The Hall–Kier alpha value is -5.02. The number of nitrogens with one attached hydrogen (secondary N) is 4. The molecule has 2 aromatic heterocycles. The lowest BCUT2D eigenvalue weighted by atomic mass is 9.99. The van der Waals surface area contributed by atoms with E-state index in [1.807, 2.05) is 69.4 Å². The fourth-order valence-corrected chi connectivity index (χ4v) is 5.40. The molecule has 0 unspecified atom stereocenters. The number of fused-ring (bicyclic) bond motifs is 1. The van der Waals surface area contributed by atoms with Gasteiger partial charge in [0, 0.05) is 44.3 Å². The summed E-state index contributed by atoms with van der Waals surface area (Å²) in [5, 5.41) is 11.7. The number of imidazole rings is 1. The number of rotatable bonds is 14. The molecule has 0 aliphatic carbocycles. The van der Waals surface area contributed by atoms with E-state index in [0.717, 1.165) is 39.1 Å². The summed E-state index contributed by atoms with van der Waals surface area (Å²) >= 11 is 0. The minimum atomic E-state index is -0.705. The van der Waals surface area contributed by atoms with Gasteiger partial charge < -0.3 is 25.8 Å². The maximum Gasteiger partial charge on any atom is 0.251 e. The largest absolute Gasteiger partial charge is 0.360 e. The second-order valence-electron chi connectivity index (χ2n) is 11.4.